The van der Waals surface area contributed by atoms with Gasteiger partial charge in [-0.3, -0.25) is 4.72 Å². The molecular formula is C11H8ClN3O2S2. The van der Waals surface area contributed by atoms with Gasteiger partial charge in [0.25, 0.3) is 10.0 Å². The van der Waals surface area contributed by atoms with E-state index in [0.29, 0.717) is 16.9 Å². The number of nitrogens with one attached hydrogen (secondary N) is 1. The molecule has 0 bridgehead atoms. The number of anilines is 1. The minimum atomic E-state index is -3.70. The summed E-state index contributed by atoms with van der Waals surface area (Å²) in [6, 6.07) is 8.07. The normalized spacial score (nSPS) is 11.0. The highest BCUT2D eigenvalue weighted by atomic mass is 35.5. The zero-order valence-electron chi connectivity index (χ0n) is 9.71. The molecule has 1 aromatic heterocycles. The van der Waals surface area contributed by atoms with Crippen LogP contribution in [0.15, 0.2) is 28.5 Å². The van der Waals surface area contributed by atoms with Gasteiger partial charge in [0.15, 0.2) is 8.68 Å². The monoisotopic (exact) mass is 313 g/mol. The van der Waals surface area contributed by atoms with E-state index in [2.05, 4.69) is 9.71 Å². The molecule has 2 aromatic rings. The third-order valence-electron chi connectivity index (χ3n) is 2.24. The van der Waals surface area contributed by atoms with Crippen molar-refractivity contribution in [2.24, 2.45) is 0 Å². The van der Waals surface area contributed by atoms with E-state index in [4.69, 9.17) is 16.9 Å². The Morgan fingerprint density at radius 1 is 1.37 bits per heavy atom. The van der Waals surface area contributed by atoms with Crippen LogP contribution in [-0.4, -0.2) is 13.4 Å². The number of halogens is 1. The number of aromatic nitrogens is 1. The molecule has 0 saturated heterocycles. The molecule has 0 radical (unpaired) electrons. The first kappa shape index (κ1) is 13.8. The molecule has 0 unspecified atom stereocenters. The lowest BCUT2D eigenvalue weighted by Gasteiger charge is -2.06. The lowest BCUT2D eigenvalue weighted by Crippen LogP contribution is -2.12. The number of thiazole rings is 1. The van der Waals surface area contributed by atoms with E-state index in [1.54, 1.807) is 6.92 Å². The van der Waals surface area contributed by atoms with Crippen LogP contribution in [0, 0.1) is 18.3 Å². The molecule has 0 saturated carbocycles. The molecule has 19 heavy (non-hydrogen) atoms. The van der Waals surface area contributed by atoms with Crippen molar-refractivity contribution in [1.29, 1.82) is 5.26 Å². The van der Waals surface area contributed by atoms with E-state index in [0.717, 1.165) is 11.3 Å². The van der Waals surface area contributed by atoms with Crippen molar-refractivity contribution >= 4 is 38.6 Å². The van der Waals surface area contributed by atoms with Gasteiger partial charge >= 0.3 is 0 Å². The Bertz CT molecular complexity index is 745. The third-order valence-corrected chi connectivity index (χ3v) is 5.49. The van der Waals surface area contributed by atoms with Crippen molar-refractivity contribution in [1.82, 2.24) is 4.98 Å². The molecule has 0 aliphatic rings. The molecular weight excluding hydrogens is 306 g/mol. The fourth-order valence-corrected chi connectivity index (χ4v) is 4.21. The average Bonchev–Trinajstić information content (AvgIpc) is 2.70. The van der Waals surface area contributed by atoms with Crippen molar-refractivity contribution in [3.05, 3.63) is 40.0 Å². The van der Waals surface area contributed by atoms with Crippen molar-refractivity contribution in [3.63, 3.8) is 0 Å². The minimum absolute atomic E-state index is 0.0851. The maximum atomic E-state index is 12.1. The van der Waals surface area contributed by atoms with E-state index in [-0.39, 0.29) is 8.68 Å². The van der Waals surface area contributed by atoms with Crippen molar-refractivity contribution in [2.75, 3.05) is 4.72 Å². The standard InChI is InChI=1S/C11H8ClN3O2S2/c1-7-10(18-11(12)14-7)19(16,17)15-9-4-2-8(6-13)3-5-9/h2-5,15H,1H3. The number of hydrogen-bond acceptors (Lipinski definition) is 5. The number of sulfonamides is 1. The fraction of sp³-hybridized carbons (Fsp3) is 0.0909. The molecule has 0 fully saturated rings. The van der Waals surface area contributed by atoms with Crippen LogP contribution < -0.4 is 4.72 Å². The van der Waals surface area contributed by atoms with Gasteiger partial charge in [0.1, 0.15) is 0 Å². The van der Waals surface area contributed by atoms with Gasteiger partial charge in [0.05, 0.1) is 17.3 Å². The van der Waals surface area contributed by atoms with Crippen LogP contribution in [0.2, 0.25) is 4.47 Å². The summed E-state index contributed by atoms with van der Waals surface area (Å²) in [6.07, 6.45) is 0. The molecule has 0 spiro atoms. The predicted molar refractivity (Wildman–Crippen MR) is 73.8 cm³/mol. The molecule has 0 amide bonds. The van der Waals surface area contributed by atoms with Gasteiger partial charge in [0, 0.05) is 5.69 Å². The van der Waals surface area contributed by atoms with Crippen LogP contribution in [0.4, 0.5) is 5.69 Å². The summed E-state index contributed by atoms with van der Waals surface area (Å²) < 4.78 is 26.9. The Hall–Kier alpha value is -1.62. The quantitative estimate of drug-likeness (QED) is 0.944. The molecule has 1 N–H and O–H groups in total. The van der Waals surface area contributed by atoms with Gasteiger partial charge < -0.3 is 0 Å². The third kappa shape index (κ3) is 3.04. The van der Waals surface area contributed by atoms with Crippen LogP contribution in [0.1, 0.15) is 11.3 Å². The van der Waals surface area contributed by atoms with Gasteiger partial charge in [0.2, 0.25) is 0 Å². The maximum absolute atomic E-state index is 12.1. The summed E-state index contributed by atoms with van der Waals surface area (Å²) in [4.78, 5) is 3.87. The van der Waals surface area contributed by atoms with Crippen LogP contribution >= 0.6 is 22.9 Å². The topological polar surface area (TPSA) is 82.8 Å². The van der Waals surface area contributed by atoms with Gasteiger partial charge in [-0.1, -0.05) is 22.9 Å². The zero-order valence-corrected chi connectivity index (χ0v) is 12.1. The average molecular weight is 314 g/mol. The number of nitriles is 1. The number of hydrogen-bond donors (Lipinski definition) is 1. The van der Waals surface area contributed by atoms with E-state index < -0.39 is 10.0 Å². The first-order chi connectivity index (χ1) is 8.92. The molecule has 2 rings (SSSR count). The van der Waals surface area contributed by atoms with Gasteiger partial charge in [-0.05, 0) is 31.2 Å². The molecule has 0 aliphatic carbocycles. The van der Waals surface area contributed by atoms with Crippen LogP contribution in [0.5, 0.6) is 0 Å². The summed E-state index contributed by atoms with van der Waals surface area (Å²) in [5.74, 6) is 0. The van der Waals surface area contributed by atoms with Crippen molar-refractivity contribution in [2.45, 2.75) is 11.1 Å². The van der Waals surface area contributed by atoms with Crippen LogP contribution in [-0.2, 0) is 10.0 Å². The molecule has 8 heteroatoms. The molecule has 0 atom stereocenters. The summed E-state index contributed by atoms with van der Waals surface area (Å²) in [6.45, 7) is 1.58. The van der Waals surface area contributed by atoms with Crippen LogP contribution in [0.25, 0.3) is 0 Å². The fourth-order valence-electron chi connectivity index (χ4n) is 1.41. The highest BCUT2D eigenvalue weighted by molar-refractivity contribution is 7.94. The summed E-state index contributed by atoms with van der Waals surface area (Å²) >= 11 is 6.59. The zero-order chi connectivity index (χ0) is 14.0. The second-order valence-corrected chi connectivity index (χ2v) is 7.09. The first-order valence-corrected chi connectivity index (χ1v) is 7.76. The Kier molecular flexibility index (Phi) is 3.75. The smallest absolute Gasteiger partial charge is 0.273 e. The Balaban J connectivity index is 2.31. The number of benzene rings is 1. The molecule has 1 aromatic carbocycles. The maximum Gasteiger partial charge on any atom is 0.273 e. The number of aryl methyl sites for hydroxylation is 1. The van der Waals surface area contributed by atoms with E-state index in [1.165, 1.54) is 24.3 Å². The lowest BCUT2D eigenvalue weighted by atomic mass is 10.2. The number of nitrogens with zero attached hydrogens (tertiary/aromatic N) is 2. The molecule has 0 aliphatic heterocycles. The van der Waals surface area contributed by atoms with Crippen molar-refractivity contribution in [3.8, 4) is 6.07 Å². The first-order valence-electron chi connectivity index (χ1n) is 5.08. The summed E-state index contributed by atoms with van der Waals surface area (Å²) in [5, 5.41) is 8.67. The summed E-state index contributed by atoms with van der Waals surface area (Å²) in [7, 11) is -3.70. The summed E-state index contributed by atoms with van der Waals surface area (Å²) in [5.41, 5.74) is 1.19. The van der Waals surface area contributed by atoms with Gasteiger partial charge in [-0.2, -0.15) is 5.26 Å². The molecule has 98 valence electrons. The van der Waals surface area contributed by atoms with E-state index in [1.807, 2.05) is 6.07 Å². The molecule has 5 nitrogen and oxygen atoms in total. The Morgan fingerprint density at radius 2 is 2.00 bits per heavy atom. The van der Waals surface area contributed by atoms with Gasteiger partial charge in [-0.25, -0.2) is 13.4 Å². The largest absolute Gasteiger partial charge is 0.279 e. The Labute approximate surface area is 119 Å². The second-order valence-electron chi connectivity index (χ2n) is 3.63. The predicted octanol–water partition coefficient (Wildman–Crippen LogP) is 2.78. The SMILES string of the molecule is Cc1nc(Cl)sc1S(=O)(=O)Nc1ccc(C#N)cc1. The highest BCUT2D eigenvalue weighted by Crippen LogP contribution is 2.28. The lowest BCUT2D eigenvalue weighted by molar-refractivity contribution is 0.602. The highest BCUT2D eigenvalue weighted by Gasteiger charge is 2.21. The minimum Gasteiger partial charge on any atom is -0.279 e. The van der Waals surface area contributed by atoms with E-state index >= 15 is 0 Å². The van der Waals surface area contributed by atoms with Gasteiger partial charge in [-0.15, -0.1) is 0 Å². The number of rotatable bonds is 3. The van der Waals surface area contributed by atoms with Crippen LogP contribution in [0.3, 0.4) is 0 Å². The van der Waals surface area contributed by atoms with Crippen molar-refractivity contribution < 1.29 is 8.42 Å². The molecule has 1 heterocycles. The second kappa shape index (κ2) is 5.17. The van der Waals surface area contributed by atoms with E-state index in [9.17, 15) is 8.42 Å². The Morgan fingerprint density at radius 3 is 2.47 bits per heavy atom.